The van der Waals surface area contributed by atoms with E-state index in [1.54, 1.807) is 7.11 Å². The van der Waals surface area contributed by atoms with Crippen LogP contribution in [0.2, 0.25) is 0 Å². The highest BCUT2D eigenvalue weighted by Crippen LogP contribution is 2.35. The van der Waals surface area contributed by atoms with Crippen molar-refractivity contribution in [1.29, 1.82) is 0 Å². The highest BCUT2D eigenvalue weighted by atomic mass is 16.5. The van der Waals surface area contributed by atoms with Crippen LogP contribution in [0.4, 0.5) is 0 Å². The second-order valence-electron chi connectivity index (χ2n) is 7.58. The van der Waals surface area contributed by atoms with Crippen molar-refractivity contribution < 1.29 is 14.3 Å². The van der Waals surface area contributed by atoms with Gasteiger partial charge in [-0.15, -0.1) is 0 Å². The Morgan fingerprint density at radius 1 is 1.07 bits per heavy atom. The number of nitrogens with one attached hydrogen (secondary N) is 1. The van der Waals surface area contributed by atoms with Crippen LogP contribution in [0.1, 0.15) is 45.5 Å². The maximum atomic E-state index is 13.0. The van der Waals surface area contributed by atoms with Gasteiger partial charge in [-0.1, -0.05) is 29.8 Å². The number of amides is 1. The molecule has 0 radical (unpaired) electrons. The Balaban J connectivity index is 1.82. The first-order valence-electron chi connectivity index (χ1n) is 9.53. The smallest absolute Gasteiger partial charge is 0.251 e. The van der Waals surface area contributed by atoms with Gasteiger partial charge in [0.05, 0.1) is 7.11 Å². The molecule has 2 aromatic rings. The highest BCUT2D eigenvalue weighted by molar-refractivity contribution is 5.97. The van der Waals surface area contributed by atoms with E-state index in [-0.39, 0.29) is 11.3 Å². The van der Waals surface area contributed by atoms with Gasteiger partial charge in [0.1, 0.15) is 5.75 Å². The number of rotatable bonds is 5. The number of benzene rings is 2. The normalized spacial score (nSPS) is 16.0. The van der Waals surface area contributed by atoms with Crippen LogP contribution >= 0.6 is 0 Å². The molecule has 1 heterocycles. The number of ether oxygens (including phenoxy) is 2. The predicted octanol–water partition coefficient (Wildman–Crippen LogP) is 4.10. The van der Waals surface area contributed by atoms with Gasteiger partial charge in [0.15, 0.2) is 0 Å². The molecule has 1 aliphatic heterocycles. The van der Waals surface area contributed by atoms with Crippen molar-refractivity contribution in [3.63, 3.8) is 0 Å². The third-order valence-corrected chi connectivity index (χ3v) is 5.64. The van der Waals surface area contributed by atoms with Crippen LogP contribution < -0.4 is 10.1 Å². The molecule has 1 saturated heterocycles. The molecule has 0 unspecified atom stereocenters. The number of hydrogen-bond acceptors (Lipinski definition) is 3. The highest BCUT2D eigenvalue weighted by Gasteiger charge is 2.35. The summed E-state index contributed by atoms with van der Waals surface area (Å²) in [6.07, 6.45) is 1.79. The summed E-state index contributed by atoms with van der Waals surface area (Å²) in [5, 5.41) is 3.21. The molecule has 0 bridgehead atoms. The number of hydrogen-bond donors (Lipinski definition) is 1. The van der Waals surface area contributed by atoms with Gasteiger partial charge in [-0.25, -0.2) is 0 Å². The lowest BCUT2D eigenvalue weighted by Crippen LogP contribution is -2.44. The predicted molar refractivity (Wildman–Crippen MR) is 108 cm³/mol. The van der Waals surface area contributed by atoms with Crippen LogP contribution in [0, 0.1) is 20.8 Å². The molecule has 27 heavy (non-hydrogen) atoms. The van der Waals surface area contributed by atoms with E-state index in [4.69, 9.17) is 9.47 Å². The summed E-state index contributed by atoms with van der Waals surface area (Å²) in [4.78, 5) is 13.0. The van der Waals surface area contributed by atoms with E-state index in [1.807, 2.05) is 26.0 Å². The van der Waals surface area contributed by atoms with Gasteiger partial charge in [0.25, 0.3) is 5.91 Å². The largest absolute Gasteiger partial charge is 0.497 e. The van der Waals surface area contributed by atoms with Crippen molar-refractivity contribution in [2.45, 2.75) is 39.0 Å². The average Bonchev–Trinajstić information content (AvgIpc) is 2.66. The van der Waals surface area contributed by atoms with Crippen LogP contribution in [-0.2, 0) is 10.2 Å². The van der Waals surface area contributed by atoms with Crippen LogP contribution in [0.15, 0.2) is 36.4 Å². The fourth-order valence-electron chi connectivity index (χ4n) is 4.15. The van der Waals surface area contributed by atoms with Crippen LogP contribution in [0.3, 0.4) is 0 Å². The molecule has 1 amide bonds. The minimum atomic E-state index is -0.104. The molecule has 1 aliphatic rings. The Morgan fingerprint density at radius 2 is 1.67 bits per heavy atom. The second kappa shape index (κ2) is 8.13. The molecule has 2 aromatic carbocycles. The van der Waals surface area contributed by atoms with Gasteiger partial charge in [-0.05, 0) is 62.4 Å². The third kappa shape index (κ3) is 4.16. The second-order valence-corrected chi connectivity index (χ2v) is 7.58. The minimum absolute atomic E-state index is 0.00405. The van der Waals surface area contributed by atoms with Crippen LogP contribution in [-0.4, -0.2) is 32.8 Å². The average molecular weight is 367 g/mol. The summed E-state index contributed by atoms with van der Waals surface area (Å²) in [6.45, 7) is 8.09. The van der Waals surface area contributed by atoms with Crippen molar-refractivity contribution in [3.05, 3.63) is 64.2 Å². The number of methoxy groups -OCH3 is 1. The van der Waals surface area contributed by atoms with Crippen molar-refractivity contribution in [3.8, 4) is 5.75 Å². The maximum absolute atomic E-state index is 13.0. The molecular formula is C23H29NO3. The fraction of sp³-hybridized carbons (Fsp3) is 0.435. The van der Waals surface area contributed by atoms with E-state index in [9.17, 15) is 4.79 Å². The molecule has 3 rings (SSSR count). The number of carbonyl (C=O) groups excluding carboxylic acids is 1. The Labute approximate surface area is 161 Å². The molecule has 0 aromatic heterocycles. The van der Waals surface area contributed by atoms with Crippen molar-refractivity contribution in [1.82, 2.24) is 5.32 Å². The zero-order chi connectivity index (χ0) is 19.4. The first-order chi connectivity index (χ1) is 12.9. The lowest BCUT2D eigenvalue weighted by Gasteiger charge is -2.38. The molecule has 4 nitrogen and oxygen atoms in total. The Bertz CT molecular complexity index is 782. The Hall–Kier alpha value is -2.33. The van der Waals surface area contributed by atoms with Crippen LogP contribution in [0.25, 0.3) is 0 Å². The number of aryl methyl sites for hydroxylation is 3. The minimum Gasteiger partial charge on any atom is -0.497 e. The van der Waals surface area contributed by atoms with Crippen molar-refractivity contribution >= 4 is 5.91 Å². The van der Waals surface area contributed by atoms with Gasteiger partial charge in [0.2, 0.25) is 0 Å². The summed E-state index contributed by atoms with van der Waals surface area (Å²) < 4.78 is 10.9. The zero-order valence-electron chi connectivity index (χ0n) is 16.7. The van der Waals surface area contributed by atoms with Gasteiger partial charge in [0, 0.05) is 30.7 Å². The van der Waals surface area contributed by atoms with Gasteiger partial charge in [-0.2, -0.15) is 0 Å². The standard InChI is InChI=1S/C23H29NO3/c1-16-13-17(2)21(18(3)14-16)22(25)24-15-23(9-11-27-12-10-23)19-5-7-20(26-4)8-6-19/h5-8,13-14H,9-12,15H2,1-4H3,(H,24,25). The summed E-state index contributed by atoms with van der Waals surface area (Å²) in [5.41, 5.74) is 5.14. The molecule has 0 saturated carbocycles. The van der Waals surface area contributed by atoms with E-state index in [0.29, 0.717) is 19.8 Å². The monoisotopic (exact) mass is 367 g/mol. The van der Waals surface area contributed by atoms with Gasteiger partial charge < -0.3 is 14.8 Å². The van der Waals surface area contributed by atoms with Crippen LogP contribution in [0.5, 0.6) is 5.75 Å². The molecule has 0 atom stereocenters. The SMILES string of the molecule is COc1ccc(C2(CNC(=O)c3c(C)cc(C)cc3C)CCOCC2)cc1. The molecule has 1 N–H and O–H groups in total. The molecule has 1 fully saturated rings. The van der Waals surface area contributed by atoms with Crippen molar-refractivity contribution in [2.75, 3.05) is 26.9 Å². The van der Waals surface area contributed by atoms with E-state index >= 15 is 0 Å². The summed E-state index contributed by atoms with van der Waals surface area (Å²) in [6, 6.07) is 12.3. The van der Waals surface area contributed by atoms with Crippen molar-refractivity contribution in [2.24, 2.45) is 0 Å². The number of carbonyl (C=O) groups is 1. The summed E-state index contributed by atoms with van der Waals surface area (Å²) in [5.74, 6) is 0.847. The first-order valence-corrected chi connectivity index (χ1v) is 9.53. The third-order valence-electron chi connectivity index (χ3n) is 5.64. The lowest BCUT2D eigenvalue weighted by atomic mass is 9.74. The Morgan fingerprint density at radius 3 is 2.22 bits per heavy atom. The van der Waals surface area contributed by atoms with E-state index < -0.39 is 0 Å². The van der Waals surface area contributed by atoms with E-state index in [1.165, 1.54) is 11.1 Å². The molecular weight excluding hydrogens is 338 g/mol. The lowest BCUT2D eigenvalue weighted by molar-refractivity contribution is 0.0487. The molecule has 0 spiro atoms. The summed E-state index contributed by atoms with van der Waals surface area (Å²) >= 11 is 0. The molecule has 0 aliphatic carbocycles. The first kappa shape index (κ1) is 19.4. The van der Waals surface area contributed by atoms with Gasteiger partial charge >= 0.3 is 0 Å². The molecule has 144 valence electrons. The summed E-state index contributed by atoms with van der Waals surface area (Å²) in [7, 11) is 1.67. The zero-order valence-corrected chi connectivity index (χ0v) is 16.7. The fourth-order valence-corrected chi connectivity index (χ4v) is 4.15. The quantitative estimate of drug-likeness (QED) is 0.865. The van der Waals surface area contributed by atoms with E-state index in [0.717, 1.165) is 35.3 Å². The maximum Gasteiger partial charge on any atom is 0.251 e. The molecule has 4 heteroatoms. The van der Waals surface area contributed by atoms with E-state index in [2.05, 4.69) is 36.5 Å². The Kier molecular flexibility index (Phi) is 5.85. The van der Waals surface area contributed by atoms with Gasteiger partial charge in [-0.3, -0.25) is 4.79 Å². The topological polar surface area (TPSA) is 47.6 Å².